The van der Waals surface area contributed by atoms with Crippen molar-refractivity contribution in [2.24, 2.45) is 0 Å². The maximum atomic E-state index is 12.9. The van der Waals surface area contributed by atoms with Gasteiger partial charge in [0.2, 0.25) is 5.91 Å². The first kappa shape index (κ1) is 21.5. The van der Waals surface area contributed by atoms with Gasteiger partial charge in [0.05, 0.1) is 24.5 Å². The van der Waals surface area contributed by atoms with Crippen molar-refractivity contribution in [1.29, 1.82) is 0 Å². The fourth-order valence-corrected chi connectivity index (χ4v) is 5.39. The Bertz CT molecular complexity index is 841. The number of amides is 2. The van der Waals surface area contributed by atoms with Crippen LogP contribution in [0.4, 0.5) is 0 Å². The second kappa shape index (κ2) is 10.0. The minimum absolute atomic E-state index is 0.0335. The van der Waals surface area contributed by atoms with Crippen molar-refractivity contribution in [2.75, 3.05) is 26.5 Å². The third-order valence-corrected chi connectivity index (χ3v) is 7.18. The first-order valence-electron chi connectivity index (χ1n) is 9.55. The van der Waals surface area contributed by atoms with Crippen LogP contribution in [0.25, 0.3) is 0 Å². The van der Waals surface area contributed by atoms with E-state index in [9.17, 15) is 9.59 Å². The van der Waals surface area contributed by atoms with Crippen molar-refractivity contribution in [3.8, 4) is 11.5 Å². The van der Waals surface area contributed by atoms with E-state index < -0.39 is 6.04 Å². The molecule has 1 aliphatic rings. The van der Waals surface area contributed by atoms with Gasteiger partial charge in [0.1, 0.15) is 6.04 Å². The fourth-order valence-electron chi connectivity index (χ4n) is 3.36. The van der Waals surface area contributed by atoms with E-state index in [-0.39, 0.29) is 17.2 Å². The highest BCUT2D eigenvalue weighted by atomic mass is 32.2. The van der Waals surface area contributed by atoms with Gasteiger partial charge in [-0.25, -0.2) is 0 Å². The molecule has 1 fully saturated rings. The lowest BCUT2D eigenvalue weighted by molar-refractivity contribution is -0.124. The van der Waals surface area contributed by atoms with Crippen molar-refractivity contribution >= 4 is 34.9 Å². The molecular formula is C21H26N2O4S2. The molecule has 2 atom stereocenters. The molecule has 0 radical (unpaired) electrons. The number of hydrogen-bond donors (Lipinski definition) is 1. The van der Waals surface area contributed by atoms with Gasteiger partial charge in [-0.15, -0.1) is 23.1 Å². The van der Waals surface area contributed by atoms with Gasteiger partial charge in [0.25, 0.3) is 5.91 Å². The molecule has 1 N–H and O–H groups in total. The summed E-state index contributed by atoms with van der Waals surface area (Å²) in [6.45, 7) is 2.54. The second-order valence-electron chi connectivity index (χ2n) is 6.63. The standard InChI is InChI=1S/C21H26N2O4S2/c1-4-19-23(21(25)18-6-5-11-28-18)15(13-29-19)20(24)22-10-9-14-7-8-16(26-2)17(12-14)27-3/h5-8,11-12,15,19H,4,9-10,13H2,1-3H3,(H,22,24). The third kappa shape index (κ3) is 4.87. The molecule has 1 aromatic carbocycles. The number of carbonyl (C=O) groups excluding carboxylic acids is 2. The molecule has 1 aromatic heterocycles. The Kier molecular flexibility index (Phi) is 7.44. The van der Waals surface area contributed by atoms with Gasteiger partial charge in [-0.05, 0) is 42.0 Å². The average molecular weight is 435 g/mol. The zero-order valence-corrected chi connectivity index (χ0v) is 18.5. The highest BCUT2D eigenvalue weighted by Crippen LogP contribution is 2.33. The Labute approximate surface area is 179 Å². The SMILES string of the molecule is CCC1SCC(C(=O)NCCc2ccc(OC)c(OC)c2)N1C(=O)c1cccs1. The number of ether oxygens (including phenoxy) is 2. The molecule has 2 heterocycles. The smallest absolute Gasteiger partial charge is 0.265 e. The summed E-state index contributed by atoms with van der Waals surface area (Å²) in [4.78, 5) is 28.2. The third-order valence-electron chi connectivity index (χ3n) is 4.87. The Morgan fingerprint density at radius 1 is 1.21 bits per heavy atom. The van der Waals surface area contributed by atoms with Crippen LogP contribution in [-0.4, -0.2) is 54.6 Å². The molecule has 2 aromatic rings. The van der Waals surface area contributed by atoms with E-state index in [1.165, 1.54) is 11.3 Å². The average Bonchev–Trinajstić information content (AvgIpc) is 3.42. The maximum absolute atomic E-state index is 12.9. The van der Waals surface area contributed by atoms with Crippen LogP contribution in [0.3, 0.4) is 0 Å². The van der Waals surface area contributed by atoms with E-state index in [1.54, 1.807) is 30.9 Å². The van der Waals surface area contributed by atoms with Gasteiger partial charge in [0, 0.05) is 12.3 Å². The minimum Gasteiger partial charge on any atom is -0.493 e. The van der Waals surface area contributed by atoms with Crippen LogP contribution in [0.5, 0.6) is 11.5 Å². The van der Waals surface area contributed by atoms with E-state index in [1.807, 2.05) is 42.6 Å². The predicted octanol–water partition coefficient (Wildman–Crippen LogP) is 3.42. The highest BCUT2D eigenvalue weighted by molar-refractivity contribution is 8.00. The largest absolute Gasteiger partial charge is 0.493 e. The molecule has 1 aliphatic heterocycles. The Morgan fingerprint density at radius 2 is 2.00 bits per heavy atom. The number of carbonyl (C=O) groups is 2. The molecule has 0 aliphatic carbocycles. The van der Waals surface area contributed by atoms with Gasteiger partial charge in [0.15, 0.2) is 11.5 Å². The number of nitrogens with one attached hydrogen (secondary N) is 1. The fraction of sp³-hybridized carbons (Fsp3) is 0.429. The van der Waals surface area contributed by atoms with Crippen LogP contribution >= 0.6 is 23.1 Å². The lowest BCUT2D eigenvalue weighted by atomic mass is 10.1. The Balaban J connectivity index is 1.61. The van der Waals surface area contributed by atoms with E-state index in [2.05, 4.69) is 5.32 Å². The summed E-state index contributed by atoms with van der Waals surface area (Å²) < 4.78 is 10.6. The van der Waals surface area contributed by atoms with Crippen LogP contribution in [0.2, 0.25) is 0 Å². The van der Waals surface area contributed by atoms with Gasteiger partial charge in [-0.3, -0.25) is 9.59 Å². The molecule has 6 nitrogen and oxygen atoms in total. The van der Waals surface area contributed by atoms with E-state index in [4.69, 9.17) is 9.47 Å². The molecule has 0 spiro atoms. The second-order valence-corrected chi connectivity index (χ2v) is 8.79. The van der Waals surface area contributed by atoms with Crippen molar-refractivity contribution in [3.05, 3.63) is 46.2 Å². The van der Waals surface area contributed by atoms with Crippen molar-refractivity contribution < 1.29 is 19.1 Å². The Hall–Kier alpha value is -2.19. The summed E-state index contributed by atoms with van der Waals surface area (Å²) in [5.74, 6) is 1.81. The lowest BCUT2D eigenvalue weighted by Gasteiger charge is -2.27. The topological polar surface area (TPSA) is 67.9 Å². The zero-order valence-electron chi connectivity index (χ0n) is 16.8. The summed E-state index contributed by atoms with van der Waals surface area (Å²) in [5, 5.41) is 4.92. The van der Waals surface area contributed by atoms with Crippen LogP contribution in [0, 0.1) is 0 Å². The maximum Gasteiger partial charge on any atom is 0.265 e. The van der Waals surface area contributed by atoms with E-state index in [0.29, 0.717) is 35.1 Å². The summed E-state index contributed by atoms with van der Waals surface area (Å²) in [6.07, 6.45) is 1.49. The number of thioether (sulfide) groups is 1. The molecular weight excluding hydrogens is 408 g/mol. The first-order valence-corrected chi connectivity index (χ1v) is 11.5. The minimum atomic E-state index is -0.440. The number of thiophene rings is 1. The van der Waals surface area contributed by atoms with E-state index >= 15 is 0 Å². The highest BCUT2D eigenvalue weighted by Gasteiger charge is 2.41. The molecule has 3 rings (SSSR count). The van der Waals surface area contributed by atoms with Crippen LogP contribution < -0.4 is 14.8 Å². The zero-order chi connectivity index (χ0) is 20.8. The number of rotatable bonds is 8. The van der Waals surface area contributed by atoms with Crippen molar-refractivity contribution in [2.45, 2.75) is 31.2 Å². The molecule has 8 heteroatoms. The summed E-state index contributed by atoms with van der Waals surface area (Å²) in [6, 6.07) is 8.96. The number of benzene rings is 1. The monoisotopic (exact) mass is 434 g/mol. The summed E-state index contributed by atoms with van der Waals surface area (Å²) in [7, 11) is 3.20. The molecule has 2 unspecified atom stereocenters. The van der Waals surface area contributed by atoms with Crippen molar-refractivity contribution in [3.63, 3.8) is 0 Å². The van der Waals surface area contributed by atoms with Gasteiger partial charge < -0.3 is 19.7 Å². The quantitative estimate of drug-likeness (QED) is 0.690. The summed E-state index contributed by atoms with van der Waals surface area (Å²) >= 11 is 3.08. The molecule has 0 bridgehead atoms. The first-order chi connectivity index (χ1) is 14.1. The molecule has 156 valence electrons. The number of nitrogens with zero attached hydrogens (tertiary/aromatic N) is 1. The van der Waals surface area contributed by atoms with Crippen LogP contribution in [0.1, 0.15) is 28.6 Å². The number of hydrogen-bond acceptors (Lipinski definition) is 6. The van der Waals surface area contributed by atoms with Crippen LogP contribution in [0.15, 0.2) is 35.7 Å². The lowest BCUT2D eigenvalue weighted by Crippen LogP contribution is -2.49. The van der Waals surface area contributed by atoms with Gasteiger partial charge >= 0.3 is 0 Å². The number of methoxy groups -OCH3 is 2. The van der Waals surface area contributed by atoms with Crippen LogP contribution in [-0.2, 0) is 11.2 Å². The Morgan fingerprint density at radius 3 is 2.66 bits per heavy atom. The molecule has 0 saturated carbocycles. The molecule has 1 saturated heterocycles. The molecule has 29 heavy (non-hydrogen) atoms. The summed E-state index contributed by atoms with van der Waals surface area (Å²) in [5.41, 5.74) is 1.04. The van der Waals surface area contributed by atoms with Gasteiger partial charge in [-0.1, -0.05) is 19.1 Å². The molecule has 2 amide bonds. The predicted molar refractivity (Wildman–Crippen MR) is 117 cm³/mol. The van der Waals surface area contributed by atoms with E-state index in [0.717, 1.165) is 12.0 Å². The normalized spacial score (nSPS) is 18.5. The van der Waals surface area contributed by atoms with Crippen molar-refractivity contribution in [1.82, 2.24) is 10.2 Å². The van der Waals surface area contributed by atoms with Gasteiger partial charge in [-0.2, -0.15) is 0 Å².